The van der Waals surface area contributed by atoms with Crippen LogP contribution in [-0.4, -0.2) is 15.2 Å². The first-order valence-electron chi connectivity index (χ1n) is 2.57. The molecule has 0 aliphatic rings. The summed E-state index contributed by atoms with van der Waals surface area (Å²) in [5.41, 5.74) is 0.563. The molecule has 0 aliphatic carbocycles. The van der Waals surface area contributed by atoms with Gasteiger partial charge in [0.1, 0.15) is 5.75 Å². The van der Waals surface area contributed by atoms with E-state index in [1.807, 2.05) is 0 Å². The molecule has 1 aromatic rings. The molecule has 0 amide bonds. The Morgan fingerprint density at radius 3 is 2.67 bits per heavy atom. The second-order valence-electron chi connectivity index (χ2n) is 1.67. The van der Waals surface area contributed by atoms with Crippen LogP contribution >= 0.6 is 0 Å². The van der Waals surface area contributed by atoms with E-state index < -0.39 is 0 Å². The van der Waals surface area contributed by atoms with Crippen molar-refractivity contribution >= 4 is 0 Å². The number of aromatic hydroxyl groups is 1. The van der Waals surface area contributed by atoms with Crippen LogP contribution in [0.1, 0.15) is 5.69 Å². The summed E-state index contributed by atoms with van der Waals surface area (Å²) in [4.78, 5) is 3.70. The predicted octanol–water partition coefficient (Wildman–Crippen LogP) is 0.280. The SMILES string of the molecule is OCc1ccc(O)cn1. The molecule has 2 N–H and O–H groups in total. The molecule has 0 aliphatic heterocycles. The van der Waals surface area contributed by atoms with Gasteiger partial charge in [0.2, 0.25) is 0 Å². The summed E-state index contributed by atoms with van der Waals surface area (Å²) < 4.78 is 0. The lowest BCUT2D eigenvalue weighted by Gasteiger charge is -1.92. The topological polar surface area (TPSA) is 53.4 Å². The standard InChI is InChI=1S/C6H7NO2/c8-4-5-1-2-6(9)3-7-5/h1-3,8-9H,4H2. The van der Waals surface area contributed by atoms with Crippen LogP contribution in [0.15, 0.2) is 18.3 Å². The van der Waals surface area contributed by atoms with Gasteiger partial charge < -0.3 is 10.2 Å². The highest BCUT2D eigenvalue weighted by atomic mass is 16.3. The normalized spacial score (nSPS) is 9.44. The van der Waals surface area contributed by atoms with Gasteiger partial charge in [-0.2, -0.15) is 0 Å². The smallest absolute Gasteiger partial charge is 0.133 e. The summed E-state index contributed by atoms with van der Waals surface area (Å²) in [5, 5.41) is 17.2. The van der Waals surface area contributed by atoms with Crippen LogP contribution in [0.4, 0.5) is 0 Å². The molecular formula is C6H7NO2. The van der Waals surface area contributed by atoms with Crippen molar-refractivity contribution in [1.29, 1.82) is 0 Å². The van der Waals surface area contributed by atoms with Crippen molar-refractivity contribution in [3.63, 3.8) is 0 Å². The molecule has 0 aromatic carbocycles. The van der Waals surface area contributed by atoms with Gasteiger partial charge in [0, 0.05) is 0 Å². The van der Waals surface area contributed by atoms with Crippen molar-refractivity contribution in [2.75, 3.05) is 0 Å². The lowest BCUT2D eigenvalue weighted by molar-refractivity contribution is 0.276. The number of pyridine rings is 1. The maximum Gasteiger partial charge on any atom is 0.133 e. The van der Waals surface area contributed by atoms with Gasteiger partial charge in [-0.1, -0.05) is 0 Å². The summed E-state index contributed by atoms with van der Waals surface area (Å²) in [5.74, 6) is 0.118. The van der Waals surface area contributed by atoms with Crippen LogP contribution in [0.3, 0.4) is 0 Å². The molecule has 48 valence electrons. The van der Waals surface area contributed by atoms with E-state index in [4.69, 9.17) is 10.2 Å². The van der Waals surface area contributed by atoms with Gasteiger partial charge >= 0.3 is 0 Å². The van der Waals surface area contributed by atoms with Crippen LogP contribution in [0.2, 0.25) is 0 Å². The van der Waals surface area contributed by atoms with Gasteiger partial charge in [0.15, 0.2) is 0 Å². The van der Waals surface area contributed by atoms with E-state index in [-0.39, 0.29) is 12.4 Å². The molecule has 1 aromatic heterocycles. The summed E-state index contributed by atoms with van der Waals surface area (Å²) in [6, 6.07) is 3.05. The second kappa shape index (κ2) is 2.46. The molecule has 0 spiro atoms. The highest BCUT2D eigenvalue weighted by molar-refractivity contribution is 5.17. The van der Waals surface area contributed by atoms with E-state index in [1.165, 1.54) is 12.3 Å². The van der Waals surface area contributed by atoms with Crippen molar-refractivity contribution in [1.82, 2.24) is 4.98 Å². The third kappa shape index (κ3) is 1.40. The van der Waals surface area contributed by atoms with Crippen LogP contribution in [0.5, 0.6) is 5.75 Å². The third-order valence-electron chi connectivity index (χ3n) is 0.971. The Balaban J connectivity index is 2.88. The lowest BCUT2D eigenvalue weighted by atomic mass is 10.3. The van der Waals surface area contributed by atoms with Crippen LogP contribution in [0, 0.1) is 0 Å². The maximum atomic E-state index is 8.71. The number of rotatable bonds is 1. The summed E-state index contributed by atoms with van der Waals surface area (Å²) in [6.07, 6.45) is 1.30. The fraction of sp³-hybridized carbons (Fsp3) is 0.167. The average Bonchev–Trinajstić information content (AvgIpc) is 1.90. The summed E-state index contributed by atoms with van der Waals surface area (Å²) in [6.45, 7) is -0.0831. The molecule has 0 fully saturated rings. The lowest BCUT2D eigenvalue weighted by Crippen LogP contribution is -1.85. The minimum Gasteiger partial charge on any atom is -0.506 e. The Bertz CT molecular complexity index is 183. The molecule has 0 saturated heterocycles. The minimum absolute atomic E-state index is 0.0831. The first kappa shape index (κ1) is 6.04. The first-order chi connectivity index (χ1) is 4.33. The maximum absolute atomic E-state index is 8.71. The van der Waals surface area contributed by atoms with Gasteiger partial charge in [-0.05, 0) is 12.1 Å². The Kier molecular flexibility index (Phi) is 1.65. The number of hydrogen-bond acceptors (Lipinski definition) is 3. The molecule has 0 radical (unpaired) electrons. The molecule has 1 heterocycles. The number of aromatic nitrogens is 1. The highest BCUT2D eigenvalue weighted by Gasteiger charge is 1.89. The zero-order chi connectivity index (χ0) is 6.69. The number of aliphatic hydroxyl groups is 1. The molecule has 3 heteroatoms. The number of nitrogens with zero attached hydrogens (tertiary/aromatic N) is 1. The quantitative estimate of drug-likeness (QED) is 0.566. The fourth-order valence-corrected chi connectivity index (χ4v) is 0.510. The zero-order valence-electron chi connectivity index (χ0n) is 4.78. The van der Waals surface area contributed by atoms with E-state index in [2.05, 4.69) is 4.98 Å². The van der Waals surface area contributed by atoms with Crippen molar-refractivity contribution in [3.05, 3.63) is 24.0 Å². The number of hydrogen-bond donors (Lipinski definition) is 2. The van der Waals surface area contributed by atoms with Crippen LogP contribution in [-0.2, 0) is 6.61 Å². The monoisotopic (exact) mass is 125 g/mol. The van der Waals surface area contributed by atoms with Crippen LogP contribution in [0.25, 0.3) is 0 Å². The highest BCUT2D eigenvalue weighted by Crippen LogP contribution is 2.04. The first-order valence-corrected chi connectivity index (χ1v) is 2.57. The van der Waals surface area contributed by atoms with Crippen LogP contribution < -0.4 is 0 Å². The molecule has 0 atom stereocenters. The third-order valence-corrected chi connectivity index (χ3v) is 0.971. The summed E-state index contributed by atoms with van der Waals surface area (Å²) >= 11 is 0. The Hall–Kier alpha value is -1.09. The Labute approximate surface area is 52.6 Å². The van der Waals surface area contributed by atoms with E-state index in [1.54, 1.807) is 6.07 Å². The van der Waals surface area contributed by atoms with Crippen molar-refractivity contribution in [2.24, 2.45) is 0 Å². The van der Waals surface area contributed by atoms with Crippen molar-refractivity contribution in [3.8, 4) is 5.75 Å². The molecule has 0 bridgehead atoms. The van der Waals surface area contributed by atoms with E-state index in [0.29, 0.717) is 5.69 Å². The van der Waals surface area contributed by atoms with Gasteiger partial charge in [0.05, 0.1) is 18.5 Å². The van der Waals surface area contributed by atoms with Gasteiger partial charge in [0.25, 0.3) is 0 Å². The molecule has 9 heavy (non-hydrogen) atoms. The van der Waals surface area contributed by atoms with E-state index in [0.717, 1.165) is 0 Å². The van der Waals surface area contributed by atoms with Gasteiger partial charge in [-0.15, -0.1) is 0 Å². The minimum atomic E-state index is -0.0831. The van der Waals surface area contributed by atoms with Gasteiger partial charge in [-0.25, -0.2) is 0 Å². The molecular weight excluding hydrogens is 118 g/mol. The zero-order valence-corrected chi connectivity index (χ0v) is 4.78. The second-order valence-corrected chi connectivity index (χ2v) is 1.67. The fourth-order valence-electron chi connectivity index (χ4n) is 0.510. The average molecular weight is 125 g/mol. The van der Waals surface area contributed by atoms with Crippen molar-refractivity contribution in [2.45, 2.75) is 6.61 Å². The van der Waals surface area contributed by atoms with E-state index in [9.17, 15) is 0 Å². The van der Waals surface area contributed by atoms with E-state index >= 15 is 0 Å². The molecule has 1 rings (SSSR count). The van der Waals surface area contributed by atoms with Gasteiger partial charge in [-0.3, -0.25) is 4.98 Å². The molecule has 0 saturated carbocycles. The molecule has 0 unspecified atom stereocenters. The Morgan fingerprint density at radius 2 is 2.22 bits per heavy atom. The Morgan fingerprint density at radius 1 is 1.44 bits per heavy atom. The molecule has 3 nitrogen and oxygen atoms in total. The number of aliphatic hydroxyl groups excluding tert-OH is 1. The largest absolute Gasteiger partial charge is 0.506 e. The predicted molar refractivity (Wildman–Crippen MR) is 31.8 cm³/mol. The van der Waals surface area contributed by atoms with Crippen molar-refractivity contribution < 1.29 is 10.2 Å². The summed E-state index contributed by atoms with van der Waals surface area (Å²) in [7, 11) is 0.